The van der Waals surface area contributed by atoms with E-state index in [0.29, 0.717) is 23.1 Å². The molecule has 2 heterocycles. The van der Waals surface area contributed by atoms with E-state index in [4.69, 9.17) is 21.3 Å². The van der Waals surface area contributed by atoms with Crippen molar-refractivity contribution in [2.45, 2.75) is 65.8 Å². The maximum atomic E-state index is 13.4. The molecule has 43 heavy (non-hydrogen) atoms. The second-order valence-corrected chi connectivity index (χ2v) is 12.7. The summed E-state index contributed by atoms with van der Waals surface area (Å²) in [7, 11) is 0. The molecule has 4 aromatic rings. The molecular formula is C34H40ClN5O3. The summed E-state index contributed by atoms with van der Waals surface area (Å²) in [5, 5.41) is 7.08. The lowest BCUT2D eigenvalue weighted by Gasteiger charge is -2.37. The number of anilines is 1. The van der Waals surface area contributed by atoms with E-state index in [2.05, 4.69) is 42.9 Å². The number of hydrogen-bond donors (Lipinski definition) is 2. The number of fused-ring (bicyclic) bond motifs is 1. The first-order valence-corrected chi connectivity index (χ1v) is 15.2. The average molecular weight is 602 g/mol. The van der Waals surface area contributed by atoms with Crippen molar-refractivity contribution in [2.24, 2.45) is 5.41 Å². The van der Waals surface area contributed by atoms with Gasteiger partial charge < -0.3 is 19.5 Å². The summed E-state index contributed by atoms with van der Waals surface area (Å²) in [6.07, 6.45) is 1.66. The number of carbonyl (C=O) groups excluding carboxylic acids is 2. The van der Waals surface area contributed by atoms with Crippen LogP contribution in [0.4, 0.5) is 10.7 Å². The highest BCUT2D eigenvalue weighted by molar-refractivity contribution is 6.30. The van der Waals surface area contributed by atoms with E-state index in [0.717, 1.165) is 48.1 Å². The van der Waals surface area contributed by atoms with Gasteiger partial charge in [-0.25, -0.2) is 9.78 Å². The number of hydrogen-bond acceptors (Lipinski definition) is 5. The zero-order chi connectivity index (χ0) is 30.6. The predicted octanol–water partition coefficient (Wildman–Crippen LogP) is 7.44. The van der Waals surface area contributed by atoms with Crippen LogP contribution in [0.1, 0.15) is 68.1 Å². The quantitative estimate of drug-likeness (QED) is 0.219. The Balaban J connectivity index is 1.44. The number of aromatic nitrogens is 2. The van der Waals surface area contributed by atoms with Gasteiger partial charge in [0.25, 0.3) is 5.91 Å². The summed E-state index contributed by atoms with van der Waals surface area (Å²) in [6, 6.07) is 22.6. The van der Waals surface area contributed by atoms with Crippen LogP contribution < -0.4 is 10.6 Å². The molecule has 0 radical (unpaired) electrons. The summed E-state index contributed by atoms with van der Waals surface area (Å²) in [5.74, 6) is 0.256. The van der Waals surface area contributed by atoms with Crippen molar-refractivity contribution in [3.05, 3.63) is 94.5 Å². The molecule has 3 aromatic carbocycles. The molecule has 2 amide bonds. The zero-order valence-electron chi connectivity index (χ0n) is 25.3. The van der Waals surface area contributed by atoms with E-state index in [1.165, 1.54) is 0 Å². The van der Waals surface area contributed by atoms with Gasteiger partial charge in [-0.15, -0.1) is 0 Å². The Labute approximate surface area is 258 Å². The lowest BCUT2D eigenvalue weighted by atomic mass is 9.87. The van der Waals surface area contributed by atoms with E-state index in [1.807, 2.05) is 48.5 Å². The lowest BCUT2D eigenvalue weighted by Crippen LogP contribution is -2.45. The number of benzene rings is 3. The second-order valence-electron chi connectivity index (χ2n) is 12.3. The monoisotopic (exact) mass is 601 g/mol. The third-order valence-corrected chi connectivity index (χ3v) is 8.49. The molecule has 226 valence electrons. The fourth-order valence-electron chi connectivity index (χ4n) is 5.36. The Morgan fingerprint density at radius 1 is 1.09 bits per heavy atom. The summed E-state index contributed by atoms with van der Waals surface area (Å²) in [6.45, 7) is 10.8. The number of piperidine rings is 1. The molecule has 1 aliphatic heterocycles. The SMILES string of the molecule is CC(N(Cc1ccc2c(c1)nc(NC(=O)c1ccc(Cl)cc1)n2C1CCCNC1)C(=O)OCc1ccccc1)C(C)(C)C. The lowest BCUT2D eigenvalue weighted by molar-refractivity contribution is 0.0540. The fraction of sp³-hybridized carbons (Fsp3) is 0.382. The molecule has 2 atom stereocenters. The summed E-state index contributed by atoms with van der Waals surface area (Å²) in [4.78, 5) is 33.3. The molecule has 1 aliphatic rings. The maximum Gasteiger partial charge on any atom is 0.410 e. The summed E-state index contributed by atoms with van der Waals surface area (Å²) in [5.41, 5.74) is 3.91. The molecule has 0 aliphatic carbocycles. The largest absolute Gasteiger partial charge is 0.445 e. The Kier molecular flexibility index (Phi) is 9.37. The smallest absolute Gasteiger partial charge is 0.410 e. The Bertz CT molecular complexity index is 1560. The van der Waals surface area contributed by atoms with Gasteiger partial charge in [0, 0.05) is 35.8 Å². The molecule has 1 fully saturated rings. The first-order chi connectivity index (χ1) is 20.6. The van der Waals surface area contributed by atoms with Crippen molar-refractivity contribution < 1.29 is 14.3 Å². The van der Waals surface area contributed by atoms with Crippen LogP contribution in [-0.4, -0.2) is 45.6 Å². The molecule has 2 N–H and O–H groups in total. The highest BCUT2D eigenvalue weighted by Gasteiger charge is 2.31. The van der Waals surface area contributed by atoms with Gasteiger partial charge in [-0.3, -0.25) is 10.1 Å². The average Bonchev–Trinajstić information content (AvgIpc) is 3.36. The first-order valence-electron chi connectivity index (χ1n) is 14.9. The van der Waals surface area contributed by atoms with E-state index < -0.39 is 0 Å². The van der Waals surface area contributed by atoms with Gasteiger partial charge in [0.15, 0.2) is 0 Å². The Hall–Kier alpha value is -3.88. The summed E-state index contributed by atoms with van der Waals surface area (Å²) >= 11 is 6.03. The number of imidazole rings is 1. The van der Waals surface area contributed by atoms with Crippen molar-refractivity contribution in [3.8, 4) is 0 Å². The van der Waals surface area contributed by atoms with Gasteiger partial charge in [-0.05, 0) is 79.3 Å². The van der Waals surface area contributed by atoms with Crippen LogP contribution in [-0.2, 0) is 17.9 Å². The van der Waals surface area contributed by atoms with E-state index in [1.54, 1.807) is 29.2 Å². The van der Waals surface area contributed by atoms with Crippen LogP contribution in [0.5, 0.6) is 0 Å². The maximum absolute atomic E-state index is 13.4. The molecule has 8 nitrogen and oxygen atoms in total. The number of halogens is 1. The molecule has 1 saturated heterocycles. The van der Waals surface area contributed by atoms with Crippen LogP contribution in [0, 0.1) is 5.41 Å². The normalized spacial score (nSPS) is 16.1. The minimum Gasteiger partial charge on any atom is -0.445 e. The van der Waals surface area contributed by atoms with Gasteiger partial charge in [0.2, 0.25) is 5.95 Å². The first kappa shape index (κ1) is 30.6. The number of carbonyl (C=O) groups is 2. The molecule has 0 saturated carbocycles. The van der Waals surface area contributed by atoms with Crippen LogP contribution in [0.25, 0.3) is 11.0 Å². The van der Waals surface area contributed by atoms with Crippen molar-refractivity contribution in [3.63, 3.8) is 0 Å². The number of ether oxygens (including phenoxy) is 1. The highest BCUT2D eigenvalue weighted by Crippen LogP contribution is 2.31. The van der Waals surface area contributed by atoms with E-state index in [9.17, 15) is 9.59 Å². The summed E-state index contributed by atoms with van der Waals surface area (Å²) < 4.78 is 7.89. The number of nitrogens with zero attached hydrogens (tertiary/aromatic N) is 3. The Morgan fingerprint density at radius 2 is 1.84 bits per heavy atom. The van der Waals surface area contributed by atoms with Gasteiger partial charge in [0.05, 0.1) is 11.0 Å². The van der Waals surface area contributed by atoms with Crippen LogP contribution in [0.3, 0.4) is 0 Å². The second kappa shape index (κ2) is 13.2. The zero-order valence-corrected chi connectivity index (χ0v) is 26.0. The molecule has 0 bridgehead atoms. The molecule has 5 rings (SSSR count). The minimum absolute atomic E-state index is 0.0911. The molecular weight excluding hydrogens is 562 g/mol. The van der Waals surface area contributed by atoms with Crippen molar-refractivity contribution in [1.82, 2.24) is 19.8 Å². The molecule has 1 aromatic heterocycles. The third-order valence-electron chi connectivity index (χ3n) is 8.24. The molecule has 0 spiro atoms. The topological polar surface area (TPSA) is 88.5 Å². The van der Waals surface area contributed by atoms with Gasteiger partial charge in [0.1, 0.15) is 6.61 Å². The van der Waals surface area contributed by atoms with Gasteiger partial charge in [-0.1, -0.05) is 68.8 Å². The van der Waals surface area contributed by atoms with Crippen LogP contribution >= 0.6 is 11.6 Å². The standard InChI is InChI=1S/C34H40ClN5O3/c1-23(34(2,3)4)39(33(42)43-22-24-9-6-5-7-10-24)21-25-12-17-30-29(19-25)37-32(40(30)28-11-8-18-36-20-28)38-31(41)26-13-15-27(35)16-14-26/h5-7,9-10,12-17,19,23,28,36H,8,11,18,20-22H2,1-4H3,(H,37,38,41). The number of amides is 2. The van der Waals surface area contributed by atoms with Crippen LogP contribution in [0.15, 0.2) is 72.8 Å². The molecule has 9 heteroatoms. The Morgan fingerprint density at radius 3 is 2.51 bits per heavy atom. The minimum atomic E-state index is -0.360. The number of nitrogens with one attached hydrogen (secondary N) is 2. The van der Waals surface area contributed by atoms with E-state index >= 15 is 0 Å². The predicted molar refractivity (Wildman–Crippen MR) is 171 cm³/mol. The fourth-order valence-corrected chi connectivity index (χ4v) is 5.48. The van der Waals surface area contributed by atoms with Crippen molar-refractivity contribution >= 4 is 40.6 Å². The van der Waals surface area contributed by atoms with Gasteiger partial charge in [-0.2, -0.15) is 0 Å². The van der Waals surface area contributed by atoms with Gasteiger partial charge >= 0.3 is 6.09 Å². The van der Waals surface area contributed by atoms with Crippen molar-refractivity contribution in [1.29, 1.82) is 0 Å². The number of rotatable bonds is 8. The van der Waals surface area contributed by atoms with Crippen LogP contribution in [0.2, 0.25) is 5.02 Å². The van der Waals surface area contributed by atoms with Crippen molar-refractivity contribution in [2.75, 3.05) is 18.4 Å². The van der Waals surface area contributed by atoms with E-state index in [-0.39, 0.29) is 36.1 Å². The third kappa shape index (κ3) is 7.37. The molecule has 2 unspecified atom stereocenters. The highest BCUT2D eigenvalue weighted by atomic mass is 35.5.